The lowest BCUT2D eigenvalue weighted by Crippen LogP contribution is -2.18. The number of rotatable bonds is 12. The monoisotopic (exact) mass is 645 g/mol. The van der Waals surface area contributed by atoms with E-state index in [-0.39, 0.29) is 4.90 Å². The zero-order valence-electron chi connectivity index (χ0n) is 27.9. The van der Waals surface area contributed by atoms with Crippen LogP contribution < -0.4 is 4.90 Å². The number of hydrogen-bond donors (Lipinski definition) is 1. The highest BCUT2D eigenvalue weighted by atomic mass is 32.2. The van der Waals surface area contributed by atoms with Crippen LogP contribution in [0.15, 0.2) is 132 Å². The van der Waals surface area contributed by atoms with Gasteiger partial charge in [0.2, 0.25) is 11.4 Å². The molecule has 5 nitrogen and oxygen atoms in total. The molecule has 0 unspecified atom stereocenters. The van der Waals surface area contributed by atoms with Crippen LogP contribution in [-0.4, -0.2) is 36.3 Å². The van der Waals surface area contributed by atoms with Crippen molar-refractivity contribution in [2.24, 2.45) is 0 Å². The molecular weight excluding hydrogens is 601 g/mol. The van der Waals surface area contributed by atoms with Crippen LogP contribution in [0.3, 0.4) is 0 Å². The zero-order chi connectivity index (χ0) is 33.4. The number of unbranched alkanes of at least 4 members (excludes halogenated alkanes) is 2. The second kappa shape index (κ2) is 15.4. The van der Waals surface area contributed by atoms with Crippen molar-refractivity contribution in [1.29, 1.82) is 0 Å². The molecule has 4 aromatic rings. The third-order valence-electron chi connectivity index (χ3n) is 8.47. The van der Waals surface area contributed by atoms with Gasteiger partial charge in [0.25, 0.3) is 10.1 Å². The average molecular weight is 646 g/mol. The molecular formula is C41H45N2O3S+. The quantitative estimate of drug-likeness (QED) is 0.123. The van der Waals surface area contributed by atoms with E-state index in [0.717, 1.165) is 78.3 Å². The summed E-state index contributed by atoms with van der Waals surface area (Å²) in [5, 5.41) is 0. The molecule has 1 aliphatic rings. The van der Waals surface area contributed by atoms with Gasteiger partial charge >= 0.3 is 0 Å². The van der Waals surface area contributed by atoms with Gasteiger partial charge in [-0.3, -0.25) is 4.55 Å². The van der Waals surface area contributed by atoms with Crippen LogP contribution in [0.5, 0.6) is 0 Å². The highest BCUT2D eigenvalue weighted by molar-refractivity contribution is 7.86. The van der Waals surface area contributed by atoms with Crippen molar-refractivity contribution < 1.29 is 17.5 Å². The normalized spacial score (nSPS) is 12.8. The Morgan fingerprint density at radius 1 is 0.723 bits per heavy atom. The molecule has 6 heteroatoms. The Bertz CT molecular complexity index is 1930. The Hall–Kier alpha value is -4.52. The van der Waals surface area contributed by atoms with Gasteiger partial charge in [-0.25, -0.2) is 0 Å². The summed E-state index contributed by atoms with van der Waals surface area (Å²) in [5.41, 5.74) is 9.74. The lowest BCUT2D eigenvalue weighted by Gasteiger charge is -2.26. The minimum Gasteiger partial charge on any atom is -0.341 e. The summed E-state index contributed by atoms with van der Waals surface area (Å²) in [4.78, 5) is 2.22. The minimum atomic E-state index is -4.48. The fourth-order valence-corrected chi connectivity index (χ4v) is 6.73. The largest absolute Gasteiger partial charge is 0.341 e. The first-order valence-corrected chi connectivity index (χ1v) is 18.0. The van der Waals surface area contributed by atoms with E-state index in [1.807, 2.05) is 24.3 Å². The fourth-order valence-electron chi connectivity index (χ4n) is 6.03. The van der Waals surface area contributed by atoms with Crippen LogP contribution in [0.1, 0.15) is 61.8 Å². The van der Waals surface area contributed by atoms with E-state index in [1.54, 1.807) is 18.2 Å². The van der Waals surface area contributed by atoms with Crippen molar-refractivity contribution in [2.75, 3.05) is 18.0 Å². The first-order valence-electron chi connectivity index (χ1n) is 16.5. The molecule has 4 aromatic carbocycles. The van der Waals surface area contributed by atoms with Gasteiger partial charge in [0, 0.05) is 54.2 Å². The topological polar surface area (TPSA) is 60.6 Å². The lowest BCUT2D eigenvalue weighted by molar-refractivity contribution is -0.439. The Morgan fingerprint density at radius 2 is 1.38 bits per heavy atom. The van der Waals surface area contributed by atoms with Crippen molar-refractivity contribution in [3.05, 3.63) is 149 Å². The highest BCUT2D eigenvalue weighted by Gasteiger charge is 2.23. The summed E-state index contributed by atoms with van der Waals surface area (Å²) < 4.78 is 37.8. The predicted molar refractivity (Wildman–Crippen MR) is 196 cm³/mol. The van der Waals surface area contributed by atoms with Crippen molar-refractivity contribution in [3.8, 4) is 0 Å². The van der Waals surface area contributed by atoms with Crippen molar-refractivity contribution in [2.45, 2.75) is 58.3 Å². The van der Waals surface area contributed by atoms with Gasteiger partial charge in [-0.1, -0.05) is 81.3 Å². The van der Waals surface area contributed by atoms with E-state index in [2.05, 4.69) is 110 Å². The molecule has 0 amide bonds. The van der Waals surface area contributed by atoms with Crippen LogP contribution in [0.25, 0.3) is 5.57 Å². The summed E-state index contributed by atoms with van der Waals surface area (Å²) >= 11 is 0. The molecule has 1 aliphatic carbocycles. The molecule has 5 rings (SSSR count). The molecule has 0 radical (unpaired) electrons. The van der Waals surface area contributed by atoms with Gasteiger partial charge in [-0.15, -0.1) is 0 Å². The van der Waals surface area contributed by atoms with Gasteiger partial charge in [-0.2, -0.15) is 13.0 Å². The molecule has 242 valence electrons. The molecule has 0 atom stereocenters. The van der Waals surface area contributed by atoms with E-state index < -0.39 is 10.1 Å². The third kappa shape index (κ3) is 8.26. The van der Waals surface area contributed by atoms with Gasteiger partial charge in [-0.05, 0) is 90.6 Å². The first kappa shape index (κ1) is 33.8. The number of anilines is 2. The molecule has 0 bridgehead atoms. The third-order valence-corrected chi connectivity index (χ3v) is 9.38. The number of nitrogens with zero attached hydrogens (tertiary/aromatic N) is 2. The maximum atomic E-state index is 12.6. The average Bonchev–Trinajstić information content (AvgIpc) is 3.06. The van der Waals surface area contributed by atoms with Gasteiger partial charge in [0.05, 0.1) is 0 Å². The predicted octanol–water partition coefficient (Wildman–Crippen LogP) is 10.0. The molecule has 0 saturated heterocycles. The number of aryl methyl sites for hydroxylation is 2. The Kier molecular flexibility index (Phi) is 11.1. The Balaban J connectivity index is 1.64. The van der Waals surface area contributed by atoms with Crippen LogP contribution in [-0.2, 0) is 10.1 Å². The van der Waals surface area contributed by atoms with Crippen LogP contribution in [0, 0.1) is 13.8 Å². The maximum Gasteiger partial charge on any atom is 0.295 e. The van der Waals surface area contributed by atoms with E-state index in [0.29, 0.717) is 5.56 Å². The number of benzene rings is 4. The number of hydrogen-bond acceptors (Lipinski definition) is 3. The molecule has 0 aromatic heterocycles. The zero-order valence-corrected chi connectivity index (χ0v) is 28.7. The van der Waals surface area contributed by atoms with Crippen LogP contribution >= 0.6 is 0 Å². The van der Waals surface area contributed by atoms with Crippen molar-refractivity contribution in [1.82, 2.24) is 0 Å². The smallest absolute Gasteiger partial charge is 0.295 e. The molecule has 0 spiro atoms. The SMILES string of the molecule is CCCCN(c1ccc(C(=C2C=CC(=[N+](CCCC)c3cccc(C)c3)C=C2)c2ccccc2S(=O)(=O)O)cc1)c1cccc(C)c1. The van der Waals surface area contributed by atoms with E-state index >= 15 is 0 Å². The molecule has 0 fully saturated rings. The second-order valence-electron chi connectivity index (χ2n) is 12.1. The number of allylic oxidation sites excluding steroid dienone is 5. The molecule has 1 N–H and O–H groups in total. The second-order valence-corrected chi connectivity index (χ2v) is 13.5. The highest BCUT2D eigenvalue weighted by Crippen LogP contribution is 2.36. The Morgan fingerprint density at radius 3 is 2.02 bits per heavy atom. The minimum absolute atomic E-state index is 0.114. The van der Waals surface area contributed by atoms with E-state index in [4.69, 9.17) is 0 Å². The maximum absolute atomic E-state index is 12.6. The first-order chi connectivity index (χ1) is 22.7. The summed E-state index contributed by atoms with van der Waals surface area (Å²) in [5.74, 6) is 0. The molecule has 0 saturated carbocycles. The summed E-state index contributed by atoms with van der Waals surface area (Å²) in [6.45, 7) is 10.4. The van der Waals surface area contributed by atoms with Gasteiger partial charge < -0.3 is 4.90 Å². The lowest BCUT2D eigenvalue weighted by atomic mass is 9.90. The van der Waals surface area contributed by atoms with E-state index in [9.17, 15) is 13.0 Å². The van der Waals surface area contributed by atoms with Crippen LogP contribution in [0.4, 0.5) is 17.1 Å². The van der Waals surface area contributed by atoms with Crippen molar-refractivity contribution in [3.63, 3.8) is 0 Å². The summed E-state index contributed by atoms with van der Waals surface area (Å²) in [6, 6.07) is 32.0. The van der Waals surface area contributed by atoms with E-state index in [1.165, 1.54) is 17.2 Å². The Labute approximate surface area is 280 Å². The molecule has 0 aliphatic heterocycles. The molecule has 0 heterocycles. The standard InChI is InChI=1S/C41H44N2O3S/c1-5-7-27-42(37-15-11-13-31(3)29-37)35-23-19-33(20-24-35)41(39-17-9-10-18-40(39)47(44,45)46)34-21-25-36(26-22-34)43(28-8-6-2)38-16-12-14-32(4)30-38/h9-26,29-30H,5-8,27-28H2,1-4H3/p+1. The summed E-state index contributed by atoms with van der Waals surface area (Å²) in [6.07, 6.45) is 12.6. The van der Waals surface area contributed by atoms with Crippen LogP contribution in [0.2, 0.25) is 0 Å². The summed E-state index contributed by atoms with van der Waals surface area (Å²) in [7, 11) is -4.48. The van der Waals surface area contributed by atoms with Crippen molar-refractivity contribution >= 4 is 38.5 Å². The fraction of sp³-hybridized carbons (Fsp3) is 0.244. The van der Waals surface area contributed by atoms with Gasteiger partial charge in [0.15, 0.2) is 0 Å². The molecule has 47 heavy (non-hydrogen) atoms. The van der Waals surface area contributed by atoms with Gasteiger partial charge in [0.1, 0.15) is 11.4 Å².